The summed E-state index contributed by atoms with van der Waals surface area (Å²) in [6, 6.07) is 5.59. The van der Waals surface area contributed by atoms with Crippen LogP contribution < -0.4 is 18.9 Å². The van der Waals surface area contributed by atoms with Gasteiger partial charge in [-0.15, -0.1) is 0 Å². The monoisotopic (exact) mass is 383 g/mol. The molecule has 1 atom stereocenters. The van der Waals surface area contributed by atoms with Crippen molar-refractivity contribution in [1.82, 2.24) is 14.9 Å². The van der Waals surface area contributed by atoms with E-state index in [-0.39, 0.29) is 18.8 Å². The zero-order valence-electron chi connectivity index (χ0n) is 15.5. The molecule has 0 radical (unpaired) electrons. The number of likely N-dealkylation sites (tertiary alicyclic amines) is 1. The molecule has 1 amide bonds. The Morgan fingerprint density at radius 1 is 1.25 bits per heavy atom. The van der Waals surface area contributed by atoms with Crippen LogP contribution in [-0.4, -0.2) is 53.9 Å². The van der Waals surface area contributed by atoms with Gasteiger partial charge < -0.3 is 23.8 Å². The van der Waals surface area contributed by atoms with Gasteiger partial charge in [0.1, 0.15) is 6.10 Å². The van der Waals surface area contributed by atoms with Crippen LogP contribution in [0.1, 0.15) is 18.4 Å². The topological polar surface area (TPSA) is 83.0 Å². The Labute approximate surface area is 162 Å². The second kappa shape index (κ2) is 8.16. The average molecular weight is 383 g/mol. The normalized spacial score (nSPS) is 18.3. The number of aromatic nitrogens is 2. The van der Waals surface area contributed by atoms with E-state index in [4.69, 9.17) is 18.9 Å². The molecular formula is C20H21N3O5. The molecule has 3 heterocycles. The van der Waals surface area contributed by atoms with Gasteiger partial charge in [-0.1, -0.05) is 6.07 Å². The molecule has 1 saturated heterocycles. The number of hydrogen-bond donors (Lipinski definition) is 0. The second-order valence-corrected chi connectivity index (χ2v) is 6.51. The number of fused-ring (bicyclic) bond motifs is 1. The van der Waals surface area contributed by atoms with Gasteiger partial charge in [-0.2, -0.15) is 4.98 Å². The average Bonchev–Trinajstić information content (AvgIpc) is 3.20. The predicted molar refractivity (Wildman–Crippen MR) is 100 cm³/mol. The summed E-state index contributed by atoms with van der Waals surface area (Å²) in [5.74, 6) is 2.16. The van der Waals surface area contributed by atoms with Gasteiger partial charge >= 0.3 is 0 Å². The van der Waals surface area contributed by atoms with Crippen molar-refractivity contribution in [3.8, 4) is 23.3 Å². The summed E-state index contributed by atoms with van der Waals surface area (Å²) < 4.78 is 21.6. The third kappa shape index (κ3) is 4.16. The number of carbonyl (C=O) groups is 1. The number of piperidine rings is 1. The highest BCUT2D eigenvalue weighted by molar-refractivity contribution is 5.92. The summed E-state index contributed by atoms with van der Waals surface area (Å²) in [7, 11) is 1.53. The number of hydrogen-bond acceptors (Lipinski definition) is 7. The quantitative estimate of drug-likeness (QED) is 0.733. The summed E-state index contributed by atoms with van der Waals surface area (Å²) in [6.07, 6.45) is 8.01. The lowest BCUT2D eigenvalue weighted by Gasteiger charge is -2.31. The van der Waals surface area contributed by atoms with Crippen LogP contribution in [0.4, 0.5) is 0 Å². The van der Waals surface area contributed by atoms with Crippen LogP contribution in [0.2, 0.25) is 0 Å². The van der Waals surface area contributed by atoms with Gasteiger partial charge in [0.15, 0.2) is 11.5 Å². The van der Waals surface area contributed by atoms with E-state index in [1.807, 2.05) is 18.2 Å². The summed E-state index contributed by atoms with van der Waals surface area (Å²) in [5.41, 5.74) is 0.883. The summed E-state index contributed by atoms with van der Waals surface area (Å²) in [6.45, 7) is 1.44. The zero-order chi connectivity index (χ0) is 19.3. The van der Waals surface area contributed by atoms with E-state index < -0.39 is 0 Å². The number of methoxy groups -OCH3 is 1. The van der Waals surface area contributed by atoms with Gasteiger partial charge in [-0.25, -0.2) is 0 Å². The Bertz CT molecular complexity index is 886. The Morgan fingerprint density at radius 3 is 3.00 bits per heavy atom. The van der Waals surface area contributed by atoms with Gasteiger partial charge in [-0.05, 0) is 36.6 Å². The molecule has 0 aliphatic carbocycles. The minimum absolute atomic E-state index is 0.0531. The Balaban J connectivity index is 1.36. The number of nitrogens with zero attached hydrogens (tertiary/aromatic N) is 3. The van der Waals surface area contributed by atoms with Crippen LogP contribution in [0.3, 0.4) is 0 Å². The maximum Gasteiger partial charge on any atom is 0.246 e. The second-order valence-electron chi connectivity index (χ2n) is 6.51. The first-order valence-corrected chi connectivity index (χ1v) is 9.10. The number of amides is 1. The summed E-state index contributed by atoms with van der Waals surface area (Å²) in [5, 5.41) is 0. The van der Waals surface area contributed by atoms with E-state index in [1.54, 1.807) is 23.2 Å². The maximum atomic E-state index is 12.6. The smallest absolute Gasteiger partial charge is 0.246 e. The number of ether oxygens (including phenoxy) is 4. The van der Waals surface area contributed by atoms with Gasteiger partial charge in [0, 0.05) is 12.6 Å². The highest BCUT2D eigenvalue weighted by Crippen LogP contribution is 2.32. The fourth-order valence-corrected chi connectivity index (χ4v) is 3.18. The van der Waals surface area contributed by atoms with Crippen LogP contribution in [0, 0.1) is 0 Å². The fourth-order valence-electron chi connectivity index (χ4n) is 3.18. The van der Waals surface area contributed by atoms with Crippen LogP contribution in [0.5, 0.6) is 23.3 Å². The zero-order valence-corrected chi connectivity index (χ0v) is 15.5. The molecule has 1 fully saturated rings. The molecular weight excluding hydrogens is 362 g/mol. The van der Waals surface area contributed by atoms with E-state index in [1.165, 1.54) is 13.3 Å². The fraction of sp³-hybridized carbons (Fsp3) is 0.350. The molecule has 0 saturated carbocycles. The minimum atomic E-state index is -0.127. The minimum Gasteiger partial charge on any atom is -0.480 e. The first kappa shape index (κ1) is 18.1. The molecule has 1 unspecified atom stereocenters. The van der Waals surface area contributed by atoms with Crippen molar-refractivity contribution in [2.75, 3.05) is 27.0 Å². The van der Waals surface area contributed by atoms with Gasteiger partial charge in [0.05, 0.1) is 26.0 Å². The summed E-state index contributed by atoms with van der Waals surface area (Å²) >= 11 is 0. The maximum absolute atomic E-state index is 12.6. The van der Waals surface area contributed by atoms with Crippen molar-refractivity contribution in [3.63, 3.8) is 0 Å². The molecule has 0 bridgehead atoms. The molecule has 2 aliphatic rings. The SMILES string of the molecule is COc1cncc(OC2CCCN(C(=O)/C=C/c3ccc4c(c3)OCO4)C2)n1. The lowest BCUT2D eigenvalue weighted by Crippen LogP contribution is -2.43. The van der Waals surface area contributed by atoms with Crippen LogP contribution in [0.25, 0.3) is 6.08 Å². The number of carbonyl (C=O) groups excluding carboxylic acids is 1. The third-order valence-corrected chi connectivity index (χ3v) is 4.59. The van der Waals surface area contributed by atoms with Crippen LogP contribution >= 0.6 is 0 Å². The van der Waals surface area contributed by atoms with Crippen molar-refractivity contribution in [2.24, 2.45) is 0 Å². The number of rotatable bonds is 5. The van der Waals surface area contributed by atoms with E-state index in [2.05, 4.69) is 9.97 Å². The van der Waals surface area contributed by atoms with E-state index in [0.717, 1.165) is 24.2 Å². The van der Waals surface area contributed by atoms with Crippen molar-refractivity contribution < 1.29 is 23.7 Å². The van der Waals surface area contributed by atoms with E-state index in [0.29, 0.717) is 30.6 Å². The van der Waals surface area contributed by atoms with Crippen LogP contribution in [0.15, 0.2) is 36.7 Å². The van der Waals surface area contributed by atoms with E-state index in [9.17, 15) is 4.79 Å². The molecule has 2 aromatic rings. The predicted octanol–water partition coefficient (Wildman–Crippen LogP) is 2.30. The molecule has 0 N–H and O–H groups in total. The largest absolute Gasteiger partial charge is 0.480 e. The first-order valence-electron chi connectivity index (χ1n) is 9.10. The Kier molecular flexibility index (Phi) is 5.27. The van der Waals surface area contributed by atoms with Crippen molar-refractivity contribution in [2.45, 2.75) is 18.9 Å². The molecule has 1 aromatic heterocycles. The van der Waals surface area contributed by atoms with Gasteiger partial charge in [-0.3, -0.25) is 9.78 Å². The first-order chi connectivity index (χ1) is 13.7. The summed E-state index contributed by atoms with van der Waals surface area (Å²) in [4.78, 5) is 22.6. The standard InChI is InChI=1S/C20H21N3O5/c1-25-18-10-21-11-19(22-18)28-15-3-2-8-23(12-15)20(24)7-5-14-4-6-16-17(9-14)27-13-26-16/h4-7,9-11,15H,2-3,8,12-13H2,1H3/b7-5+. The van der Waals surface area contributed by atoms with Gasteiger partial charge in [0.25, 0.3) is 0 Å². The lowest BCUT2D eigenvalue weighted by molar-refractivity contribution is -0.128. The molecule has 1 aromatic carbocycles. The highest BCUT2D eigenvalue weighted by Gasteiger charge is 2.24. The van der Waals surface area contributed by atoms with Crippen molar-refractivity contribution >= 4 is 12.0 Å². The van der Waals surface area contributed by atoms with Crippen LogP contribution in [-0.2, 0) is 4.79 Å². The molecule has 0 spiro atoms. The third-order valence-electron chi connectivity index (χ3n) is 4.59. The van der Waals surface area contributed by atoms with E-state index >= 15 is 0 Å². The van der Waals surface area contributed by atoms with Gasteiger partial charge in [0.2, 0.25) is 24.5 Å². The lowest BCUT2D eigenvalue weighted by atomic mass is 10.1. The molecule has 2 aliphatic heterocycles. The number of benzene rings is 1. The molecule has 146 valence electrons. The Morgan fingerprint density at radius 2 is 2.11 bits per heavy atom. The molecule has 8 heteroatoms. The molecule has 4 rings (SSSR count). The van der Waals surface area contributed by atoms with Crippen molar-refractivity contribution in [1.29, 1.82) is 0 Å². The molecule has 8 nitrogen and oxygen atoms in total. The molecule has 28 heavy (non-hydrogen) atoms. The Hall–Kier alpha value is -3.29. The highest BCUT2D eigenvalue weighted by atomic mass is 16.7. The van der Waals surface area contributed by atoms with Crippen molar-refractivity contribution in [3.05, 3.63) is 42.2 Å².